The zero-order valence-corrected chi connectivity index (χ0v) is 12.8. The molecule has 1 N–H and O–H groups in total. The first kappa shape index (κ1) is 15.5. The van der Waals surface area contributed by atoms with Crippen LogP contribution in [0.1, 0.15) is 56.9 Å². The molecule has 1 aliphatic carbocycles. The van der Waals surface area contributed by atoms with Crippen molar-refractivity contribution < 1.29 is 4.74 Å². The van der Waals surface area contributed by atoms with Crippen LogP contribution in [0.25, 0.3) is 0 Å². The predicted octanol–water partition coefficient (Wildman–Crippen LogP) is 4.12. The second-order valence-electron chi connectivity index (χ2n) is 5.83. The molecule has 0 radical (unpaired) electrons. The van der Waals surface area contributed by atoms with Crippen LogP contribution in [0.3, 0.4) is 0 Å². The van der Waals surface area contributed by atoms with Crippen molar-refractivity contribution in [2.75, 3.05) is 19.8 Å². The summed E-state index contributed by atoms with van der Waals surface area (Å²) in [5.41, 5.74) is 1.51. The van der Waals surface area contributed by atoms with E-state index in [-0.39, 0.29) is 0 Å². The van der Waals surface area contributed by atoms with Crippen LogP contribution in [0.15, 0.2) is 30.3 Å². The van der Waals surface area contributed by atoms with Gasteiger partial charge in [-0.3, -0.25) is 0 Å². The summed E-state index contributed by atoms with van der Waals surface area (Å²) in [5, 5.41) is 3.77. The summed E-state index contributed by atoms with van der Waals surface area (Å²) in [6.07, 6.45) is 7.62. The fraction of sp³-hybridized carbons (Fsp3) is 0.667. The zero-order chi connectivity index (χ0) is 14.0. The molecule has 1 aliphatic rings. The summed E-state index contributed by atoms with van der Waals surface area (Å²) in [7, 11) is 0. The Kier molecular flexibility index (Phi) is 7.10. The quantitative estimate of drug-likeness (QED) is 0.721. The van der Waals surface area contributed by atoms with Crippen molar-refractivity contribution in [2.24, 2.45) is 0 Å². The Hall–Kier alpha value is -0.860. The van der Waals surface area contributed by atoms with Crippen LogP contribution in [-0.4, -0.2) is 25.8 Å². The topological polar surface area (TPSA) is 21.3 Å². The predicted molar refractivity (Wildman–Crippen MR) is 85.2 cm³/mol. The van der Waals surface area contributed by atoms with Crippen molar-refractivity contribution in [2.45, 2.75) is 57.4 Å². The van der Waals surface area contributed by atoms with Gasteiger partial charge in [0.15, 0.2) is 0 Å². The first-order valence-corrected chi connectivity index (χ1v) is 8.28. The molecule has 2 rings (SSSR count). The molecule has 2 unspecified atom stereocenters. The molecule has 0 aromatic heterocycles. The van der Waals surface area contributed by atoms with Gasteiger partial charge in [-0.2, -0.15) is 0 Å². The van der Waals surface area contributed by atoms with Gasteiger partial charge in [-0.05, 0) is 43.7 Å². The zero-order valence-electron chi connectivity index (χ0n) is 12.8. The van der Waals surface area contributed by atoms with Crippen molar-refractivity contribution in [3.8, 4) is 0 Å². The summed E-state index contributed by atoms with van der Waals surface area (Å²) in [6, 6.07) is 11.7. The van der Waals surface area contributed by atoms with E-state index in [1.807, 2.05) is 0 Å². The molecule has 0 bridgehead atoms. The average Bonchev–Trinajstić information content (AvgIpc) is 2.52. The molecular weight excluding hydrogens is 246 g/mol. The van der Waals surface area contributed by atoms with Crippen molar-refractivity contribution in [3.63, 3.8) is 0 Å². The molecule has 1 fully saturated rings. The van der Waals surface area contributed by atoms with Crippen LogP contribution in [0.5, 0.6) is 0 Å². The maximum Gasteiger partial charge on any atom is 0.0478 e. The third-order valence-electron chi connectivity index (χ3n) is 4.21. The van der Waals surface area contributed by atoms with Crippen molar-refractivity contribution in [1.29, 1.82) is 0 Å². The molecule has 1 saturated carbocycles. The van der Waals surface area contributed by atoms with Gasteiger partial charge in [0.2, 0.25) is 0 Å². The molecule has 112 valence electrons. The first-order chi connectivity index (χ1) is 9.92. The van der Waals surface area contributed by atoms with E-state index < -0.39 is 0 Å². The minimum Gasteiger partial charge on any atom is -0.381 e. The Bertz CT molecular complexity index is 352. The molecule has 1 aromatic carbocycles. The second-order valence-corrected chi connectivity index (χ2v) is 5.83. The maximum atomic E-state index is 5.54. The minimum absolute atomic E-state index is 0.650. The smallest absolute Gasteiger partial charge is 0.0478 e. The molecular formula is C18H29NO. The number of hydrogen-bond donors (Lipinski definition) is 1. The van der Waals surface area contributed by atoms with E-state index >= 15 is 0 Å². The van der Waals surface area contributed by atoms with Crippen LogP contribution >= 0.6 is 0 Å². The third-order valence-corrected chi connectivity index (χ3v) is 4.21. The van der Waals surface area contributed by atoms with E-state index in [9.17, 15) is 0 Å². The Morgan fingerprint density at radius 1 is 1.10 bits per heavy atom. The highest BCUT2D eigenvalue weighted by Gasteiger charge is 2.25. The van der Waals surface area contributed by atoms with E-state index in [2.05, 4.69) is 42.6 Å². The number of benzene rings is 1. The Labute approximate surface area is 123 Å². The highest BCUT2D eigenvalue weighted by atomic mass is 16.5. The van der Waals surface area contributed by atoms with Crippen LogP contribution in [-0.2, 0) is 4.74 Å². The average molecular weight is 275 g/mol. The molecule has 2 atom stereocenters. The fourth-order valence-electron chi connectivity index (χ4n) is 3.18. The van der Waals surface area contributed by atoms with Gasteiger partial charge >= 0.3 is 0 Å². The molecule has 0 heterocycles. The fourth-order valence-corrected chi connectivity index (χ4v) is 3.18. The normalized spacial score (nSPS) is 22.9. The highest BCUT2D eigenvalue weighted by Crippen LogP contribution is 2.32. The lowest BCUT2D eigenvalue weighted by molar-refractivity contribution is 0.131. The van der Waals surface area contributed by atoms with E-state index in [1.165, 1.54) is 31.2 Å². The Balaban J connectivity index is 1.76. The second kappa shape index (κ2) is 9.15. The van der Waals surface area contributed by atoms with Crippen LogP contribution in [0.4, 0.5) is 0 Å². The van der Waals surface area contributed by atoms with E-state index in [0.717, 1.165) is 32.6 Å². The summed E-state index contributed by atoms with van der Waals surface area (Å²) in [6.45, 7) is 5.03. The minimum atomic E-state index is 0.650. The monoisotopic (exact) mass is 275 g/mol. The van der Waals surface area contributed by atoms with Gasteiger partial charge in [0.25, 0.3) is 0 Å². The summed E-state index contributed by atoms with van der Waals surface area (Å²) in [4.78, 5) is 0. The molecule has 20 heavy (non-hydrogen) atoms. The lowest BCUT2D eigenvalue weighted by Gasteiger charge is -2.33. The molecule has 0 amide bonds. The van der Waals surface area contributed by atoms with Gasteiger partial charge in [0.05, 0.1) is 0 Å². The molecule has 2 heteroatoms. The highest BCUT2D eigenvalue weighted by molar-refractivity contribution is 5.21. The Morgan fingerprint density at radius 3 is 2.70 bits per heavy atom. The van der Waals surface area contributed by atoms with E-state index in [4.69, 9.17) is 4.74 Å². The molecule has 0 spiro atoms. The van der Waals surface area contributed by atoms with Crippen molar-refractivity contribution in [1.82, 2.24) is 5.32 Å². The Morgan fingerprint density at radius 2 is 1.90 bits per heavy atom. The van der Waals surface area contributed by atoms with Crippen LogP contribution < -0.4 is 5.32 Å². The number of hydrogen-bond acceptors (Lipinski definition) is 2. The van der Waals surface area contributed by atoms with Gasteiger partial charge < -0.3 is 10.1 Å². The SMILES string of the molecule is CCCOCCCNC1CCCCC1c1ccccc1. The maximum absolute atomic E-state index is 5.54. The van der Waals surface area contributed by atoms with Gasteiger partial charge in [-0.1, -0.05) is 50.1 Å². The number of ether oxygens (including phenoxy) is 1. The van der Waals surface area contributed by atoms with Gasteiger partial charge in [-0.15, -0.1) is 0 Å². The van der Waals surface area contributed by atoms with Crippen LogP contribution in [0, 0.1) is 0 Å². The van der Waals surface area contributed by atoms with Gasteiger partial charge in [0.1, 0.15) is 0 Å². The van der Waals surface area contributed by atoms with E-state index in [1.54, 1.807) is 0 Å². The summed E-state index contributed by atoms with van der Waals surface area (Å²) >= 11 is 0. The van der Waals surface area contributed by atoms with Gasteiger partial charge in [0, 0.05) is 19.3 Å². The largest absolute Gasteiger partial charge is 0.381 e. The summed E-state index contributed by atoms with van der Waals surface area (Å²) < 4.78 is 5.54. The number of nitrogens with one attached hydrogen (secondary N) is 1. The standard InChI is InChI=1S/C18H29NO/c1-2-14-20-15-8-13-19-18-12-7-6-11-17(18)16-9-4-3-5-10-16/h3-5,9-10,17-19H,2,6-8,11-15H2,1H3. The first-order valence-electron chi connectivity index (χ1n) is 8.28. The van der Waals surface area contributed by atoms with Gasteiger partial charge in [-0.25, -0.2) is 0 Å². The summed E-state index contributed by atoms with van der Waals surface area (Å²) in [5.74, 6) is 0.696. The molecule has 0 saturated heterocycles. The third kappa shape index (κ3) is 4.92. The molecule has 2 nitrogen and oxygen atoms in total. The van der Waals surface area contributed by atoms with Crippen molar-refractivity contribution in [3.05, 3.63) is 35.9 Å². The molecule has 1 aromatic rings. The lowest BCUT2D eigenvalue weighted by Crippen LogP contribution is -2.38. The van der Waals surface area contributed by atoms with E-state index in [0.29, 0.717) is 12.0 Å². The molecule has 0 aliphatic heterocycles. The van der Waals surface area contributed by atoms with Crippen molar-refractivity contribution >= 4 is 0 Å². The lowest BCUT2D eigenvalue weighted by atomic mass is 9.80. The van der Waals surface area contributed by atoms with Crippen LogP contribution in [0.2, 0.25) is 0 Å². The number of rotatable bonds is 8.